The summed E-state index contributed by atoms with van der Waals surface area (Å²) in [6.07, 6.45) is 0. The smallest absolute Gasteiger partial charge is 0.277 e. The standard InChI is InChI=1S/C22H20N4O5S/c1-12(19(27)26-15-7-5-4-6-14(15)23-20(28)22(26,2)3)32-21-25-24-18(31-21)13-8-9-16-17(10-13)30-11-29-16/h4-10,12H,11H2,1-3H3,(H,23,28). The molecule has 1 N–H and O–H groups in total. The summed E-state index contributed by atoms with van der Waals surface area (Å²) in [7, 11) is 0. The fourth-order valence-electron chi connectivity index (χ4n) is 3.63. The summed E-state index contributed by atoms with van der Waals surface area (Å²) in [5, 5.41) is 10.7. The topological polar surface area (TPSA) is 107 Å². The summed E-state index contributed by atoms with van der Waals surface area (Å²) >= 11 is 1.14. The zero-order valence-corrected chi connectivity index (χ0v) is 18.4. The van der Waals surface area contributed by atoms with E-state index in [1.165, 1.54) is 4.90 Å². The molecule has 0 bridgehead atoms. The van der Waals surface area contributed by atoms with E-state index in [1.807, 2.05) is 18.2 Å². The Hall–Kier alpha value is -3.53. The number of carbonyl (C=O) groups is 2. The number of nitrogens with one attached hydrogen (secondary N) is 1. The highest BCUT2D eigenvalue weighted by Gasteiger charge is 2.45. The van der Waals surface area contributed by atoms with Gasteiger partial charge in [-0.05, 0) is 51.1 Å². The molecule has 5 rings (SSSR count). The fourth-order valence-corrected chi connectivity index (χ4v) is 4.36. The number of rotatable bonds is 4. The minimum Gasteiger partial charge on any atom is -0.454 e. The number of thioether (sulfide) groups is 1. The van der Waals surface area contributed by atoms with Crippen LogP contribution in [0.25, 0.3) is 11.5 Å². The average Bonchev–Trinajstić information content (AvgIpc) is 3.43. The van der Waals surface area contributed by atoms with Gasteiger partial charge in [-0.15, -0.1) is 10.2 Å². The lowest BCUT2D eigenvalue weighted by atomic mass is 9.96. The number of amides is 2. The van der Waals surface area contributed by atoms with Crippen LogP contribution in [0, 0.1) is 0 Å². The minimum atomic E-state index is -1.05. The van der Waals surface area contributed by atoms with Crippen LogP contribution in [0.5, 0.6) is 11.5 Å². The Morgan fingerprint density at radius 3 is 2.78 bits per heavy atom. The Balaban J connectivity index is 1.37. The van der Waals surface area contributed by atoms with Gasteiger partial charge in [0.15, 0.2) is 11.5 Å². The van der Waals surface area contributed by atoms with Gasteiger partial charge in [0.2, 0.25) is 24.5 Å². The van der Waals surface area contributed by atoms with Crippen LogP contribution < -0.4 is 19.7 Å². The van der Waals surface area contributed by atoms with Crippen LogP contribution in [0.3, 0.4) is 0 Å². The second kappa shape index (κ2) is 7.56. The normalized spacial score (nSPS) is 17.0. The van der Waals surface area contributed by atoms with Crippen molar-refractivity contribution in [2.75, 3.05) is 17.0 Å². The molecule has 2 amide bonds. The van der Waals surface area contributed by atoms with Crippen molar-refractivity contribution in [3.8, 4) is 23.0 Å². The molecule has 3 heterocycles. The molecule has 32 heavy (non-hydrogen) atoms. The molecule has 2 aromatic carbocycles. The van der Waals surface area contributed by atoms with Gasteiger partial charge in [-0.2, -0.15) is 0 Å². The molecular formula is C22H20N4O5S. The van der Waals surface area contributed by atoms with Gasteiger partial charge >= 0.3 is 0 Å². The molecule has 0 saturated carbocycles. The maximum Gasteiger partial charge on any atom is 0.277 e. The van der Waals surface area contributed by atoms with Crippen LogP contribution in [-0.2, 0) is 9.59 Å². The zero-order chi connectivity index (χ0) is 22.5. The highest BCUT2D eigenvalue weighted by atomic mass is 32.2. The third-order valence-electron chi connectivity index (χ3n) is 5.38. The van der Waals surface area contributed by atoms with E-state index in [2.05, 4.69) is 15.5 Å². The van der Waals surface area contributed by atoms with Gasteiger partial charge in [-0.25, -0.2) is 0 Å². The first-order chi connectivity index (χ1) is 15.3. The summed E-state index contributed by atoms with van der Waals surface area (Å²) in [4.78, 5) is 27.6. The van der Waals surface area contributed by atoms with E-state index in [-0.39, 0.29) is 23.8 Å². The molecule has 3 aromatic rings. The molecular weight excluding hydrogens is 432 g/mol. The Bertz CT molecular complexity index is 1220. The first-order valence-electron chi connectivity index (χ1n) is 9.99. The van der Waals surface area contributed by atoms with Crippen molar-refractivity contribution >= 4 is 35.0 Å². The SMILES string of the molecule is CC(Sc1nnc(-c2ccc3c(c2)OCO3)o1)C(=O)N1c2ccccc2NC(=O)C1(C)C. The van der Waals surface area contributed by atoms with Gasteiger partial charge in [0, 0.05) is 5.56 Å². The summed E-state index contributed by atoms with van der Waals surface area (Å²) < 4.78 is 16.5. The van der Waals surface area contributed by atoms with E-state index in [0.29, 0.717) is 34.3 Å². The number of ether oxygens (including phenoxy) is 2. The molecule has 1 aromatic heterocycles. The first kappa shape index (κ1) is 20.4. The van der Waals surface area contributed by atoms with Crippen LogP contribution in [0.15, 0.2) is 52.1 Å². The quantitative estimate of drug-likeness (QED) is 0.597. The molecule has 2 aliphatic rings. The number of benzene rings is 2. The van der Waals surface area contributed by atoms with Crippen molar-refractivity contribution in [3.05, 3.63) is 42.5 Å². The maximum atomic E-state index is 13.4. The molecule has 0 saturated heterocycles. The summed E-state index contributed by atoms with van der Waals surface area (Å²) in [6, 6.07) is 12.6. The third-order valence-corrected chi connectivity index (χ3v) is 6.30. The predicted molar refractivity (Wildman–Crippen MR) is 118 cm³/mol. The zero-order valence-electron chi connectivity index (χ0n) is 17.6. The van der Waals surface area contributed by atoms with Crippen LogP contribution >= 0.6 is 11.8 Å². The summed E-state index contributed by atoms with van der Waals surface area (Å²) in [5.74, 6) is 1.11. The Morgan fingerprint density at radius 1 is 1.16 bits per heavy atom. The van der Waals surface area contributed by atoms with Gasteiger partial charge in [0.1, 0.15) is 5.54 Å². The number of para-hydroxylation sites is 2. The summed E-state index contributed by atoms with van der Waals surface area (Å²) in [6.45, 7) is 5.37. The Kier molecular flexibility index (Phi) is 4.81. The van der Waals surface area contributed by atoms with E-state index >= 15 is 0 Å². The predicted octanol–water partition coefficient (Wildman–Crippen LogP) is 3.71. The van der Waals surface area contributed by atoms with E-state index in [0.717, 1.165) is 11.8 Å². The van der Waals surface area contributed by atoms with Gasteiger partial charge in [-0.3, -0.25) is 14.5 Å². The van der Waals surface area contributed by atoms with Crippen molar-refractivity contribution in [1.29, 1.82) is 0 Å². The molecule has 1 atom stereocenters. The fraction of sp³-hybridized carbons (Fsp3) is 0.273. The van der Waals surface area contributed by atoms with Gasteiger partial charge in [-0.1, -0.05) is 23.9 Å². The van der Waals surface area contributed by atoms with Crippen molar-refractivity contribution in [2.45, 2.75) is 36.8 Å². The molecule has 164 valence electrons. The van der Waals surface area contributed by atoms with Gasteiger partial charge < -0.3 is 19.2 Å². The average molecular weight is 452 g/mol. The van der Waals surface area contributed by atoms with Crippen LogP contribution in [-0.4, -0.2) is 39.6 Å². The van der Waals surface area contributed by atoms with E-state index in [4.69, 9.17) is 13.9 Å². The number of anilines is 2. The molecule has 0 aliphatic carbocycles. The maximum absolute atomic E-state index is 13.4. The number of fused-ring (bicyclic) bond motifs is 2. The highest BCUT2D eigenvalue weighted by molar-refractivity contribution is 8.00. The molecule has 2 aliphatic heterocycles. The van der Waals surface area contributed by atoms with Crippen LogP contribution in [0.2, 0.25) is 0 Å². The van der Waals surface area contributed by atoms with Crippen LogP contribution in [0.1, 0.15) is 20.8 Å². The molecule has 0 spiro atoms. The summed E-state index contributed by atoms with van der Waals surface area (Å²) in [5.41, 5.74) is 0.897. The van der Waals surface area contributed by atoms with Crippen LogP contribution in [0.4, 0.5) is 11.4 Å². The van der Waals surface area contributed by atoms with E-state index < -0.39 is 10.8 Å². The molecule has 10 heteroatoms. The number of hydrogen-bond donors (Lipinski definition) is 1. The number of carbonyl (C=O) groups excluding carboxylic acids is 2. The van der Waals surface area contributed by atoms with Crippen molar-refractivity contribution in [3.63, 3.8) is 0 Å². The second-order valence-electron chi connectivity index (χ2n) is 7.91. The number of hydrogen-bond acceptors (Lipinski definition) is 8. The lowest BCUT2D eigenvalue weighted by molar-refractivity contribution is -0.126. The second-order valence-corrected chi connectivity index (χ2v) is 9.20. The monoisotopic (exact) mass is 452 g/mol. The molecule has 0 radical (unpaired) electrons. The largest absolute Gasteiger partial charge is 0.454 e. The molecule has 1 unspecified atom stereocenters. The molecule has 0 fully saturated rings. The lowest BCUT2D eigenvalue weighted by Crippen LogP contribution is -2.60. The first-order valence-corrected chi connectivity index (χ1v) is 10.9. The van der Waals surface area contributed by atoms with Gasteiger partial charge in [0.05, 0.1) is 16.6 Å². The van der Waals surface area contributed by atoms with Gasteiger partial charge in [0.25, 0.3) is 5.22 Å². The minimum absolute atomic E-state index is 0.178. The van der Waals surface area contributed by atoms with Crippen molar-refractivity contribution in [1.82, 2.24) is 10.2 Å². The number of nitrogens with zero attached hydrogens (tertiary/aromatic N) is 3. The van der Waals surface area contributed by atoms with E-state index in [9.17, 15) is 9.59 Å². The van der Waals surface area contributed by atoms with E-state index in [1.54, 1.807) is 45.0 Å². The van der Waals surface area contributed by atoms with Crippen molar-refractivity contribution in [2.24, 2.45) is 0 Å². The van der Waals surface area contributed by atoms with Crippen molar-refractivity contribution < 1.29 is 23.5 Å². The molecule has 9 nitrogen and oxygen atoms in total. The Morgan fingerprint density at radius 2 is 1.94 bits per heavy atom. The lowest BCUT2D eigenvalue weighted by Gasteiger charge is -2.42. The Labute approximate surface area is 188 Å². The highest BCUT2D eigenvalue weighted by Crippen LogP contribution is 2.39. The number of aromatic nitrogens is 2. The third kappa shape index (κ3) is 3.36.